The van der Waals surface area contributed by atoms with Crippen LogP contribution in [-0.4, -0.2) is 77.5 Å². The van der Waals surface area contributed by atoms with Crippen molar-refractivity contribution >= 4 is 15.9 Å². The second-order valence-corrected chi connectivity index (χ2v) is 8.73. The van der Waals surface area contributed by atoms with Gasteiger partial charge in [0.25, 0.3) is 5.91 Å². The lowest BCUT2D eigenvalue weighted by Crippen LogP contribution is -2.45. The van der Waals surface area contributed by atoms with Gasteiger partial charge < -0.3 is 15.1 Å². The molecule has 0 atom stereocenters. The van der Waals surface area contributed by atoms with E-state index in [2.05, 4.69) is 26.9 Å². The van der Waals surface area contributed by atoms with Gasteiger partial charge in [-0.2, -0.15) is 0 Å². The molecule has 2 rings (SSSR count). The third-order valence-corrected chi connectivity index (χ3v) is 6.51. The van der Waals surface area contributed by atoms with Gasteiger partial charge >= 0.3 is 0 Å². The van der Waals surface area contributed by atoms with E-state index in [-0.39, 0.29) is 10.8 Å². The summed E-state index contributed by atoms with van der Waals surface area (Å²) in [5.74, 6) is -0.237. The van der Waals surface area contributed by atoms with Crippen molar-refractivity contribution in [2.45, 2.75) is 25.2 Å². The number of amides is 1. The smallest absolute Gasteiger partial charge is 0.251 e. The second kappa shape index (κ2) is 8.94. The van der Waals surface area contributed by atoms with Crippen LogP contribution < -0.4 is 10.0 Å². The first kappa shape index (κ1) is 20.8. The molecule has 1 amide bonds. The van der Waals surface area contributed by atoms with Crippen molar-refractivity contribution in [2.75, 3.05) is 53.4 Å². The molecule has 0 aromatic heterocycles. The lowest BCUT2D eigenvalue weighted by molar-refractivity contribution is 0.0949. The van der Waals surface area contributed by atoms with Gasteiger partial charge in [-0.15, -0.1) is 0 Å². The number of benzene rings is 1. The summed E-state index contributed by atoms with van der Waals surface area (Å²) < 4.78 is 26.6. The molecule has 1 aliphatic heterocycles. The Morgan fingerprint density at radius 1 is 1.15 bits per heavy atom. The number of likely N-dealkylation sites (N-methyl/N-ethyl adjacent to an activating group) is 1. The first-order chi connectivity index (χ1) is 12.2. The highest BCUT2D eigenvalue weighted by Crippen LogP contribution is 2.21. The van der Waals surface area contributed by atoms with Gasteiger partial charge in [-0.25, -0.2) is 13.1 Å². The fourth-order valence-electron chi connectivity index (χ4n) is 3.03. The van der Waals surface area contributed by atoms with Crippen molar-refractivity contribution < 1.29 is 13.2 Å². The summed E-state index contributed by atoms with van der Waals surface area (Å²) in [6, 6.07) is 3.18. The Bertz CT molecular complexity index is 741. The van der Waals surface area contributed by atoms with Crippen molar-refractivity contribution in [2.24, 2.45) is 0 Å². The maximum Gasteiger partial charge on any atom is 0.251 e. The summed E-state index contributed by atoms with van der Waals surface area (Å²) >= 11 is 0. The van der Waals surface area contributed by atoms with Crippen LogP contribution in [-0.2, 0) is 10.0 Å². The van der Waals surface area contributed by atoms with Crippen LogP contribution in [0.5, 0.6) is 0 Å². The molecule has 2 N–H and O–H groups in total. The Hall–Kier alpha value is -1.48. The van der Waals surface area contributed by atoms with Crippen molar-refractivity contribution in [1.29, 1.82) is 0 Å². The number of aryl methyl sites for hydroxylation is 1. The number of nitrogens with one attached hydrogen (secondary N) is 2. The summed E-state index contributed by atoms with van der Waals surface area (Å²) in [4.78, 5) is 17.3. The van der Waals surface area contributed by atoms with Gasteiger partial charge in [-0.05, 0) is 64.2 Å². The van der Waals surface area contributed by atoms with E-state index in [4.69, 9.17) is 0 Å². The van der Waals surface area contributed by atoms with E-state index in [1.807, 2.05) is 6.92 Å². The molecule has 0 aliphatic carbocycles. The van der Waals surface area contributed by atoms with Crippen molar-refractivity contribution in [3.63, 3.8) is 0 Å². The topological polar surface area (TPSA) is 81.7 Å². The zero-order chi connectivity index (χ0) is 19.3. The zero-order valence-electron chi connectivity index (χ0n) is 16.1. The highest BCUT2D eigenvalue weighted by atomic mass is 32.2. The molecule has 0 radical (unpaired) electrons. The molecule has 0 bridgehead atoms. The Morgan fingerprint density at radius 3 is 2.42 bits per heavy atom. The molecule has 1 aromatic carbocycles. The Kier molecular flexibility index (Phi) is 7.16. The van der Waals surface area contributed by atoms with Crippen LogP contribution in [0, 0.1) is 13.8 Å². The van der Waals surface area contributed by atoms with Gasteiger partial charge in [-0.3, -0.25) is 4.79 Å². The van der Waals surface area contributed by atoms with Crippen LogP contribution in [0.25, 0.3) is 0 Å². The molecule has 1 aliphatic rings. The highest BCUT2D eigenvalue weighted by molar-refractivity contribution is 7.89. The van der Waals surface area contributed by atoms with E-state index >= 15 is 0 Å². The number of carbonyl (C=O) groups excluding carboxylic acids is 1. The molecule has 8 heteroatoms. The first-order valence-electron chi connectivity index (χ1n) is 8.98. The van der Waals surface area contributed by atoms with Gasteiger partial charge in [0.2, 0.25) is 10.0 Å². The number of carbonyl (C=O) groups is 1. The summed E-state index contributed by atoms with van der Waals surface area (Å²) in [6.07, 6.45) is 0.877. The van der Waals surface area contributed by atoms with Gasteiger partial charge in [0.1, 0.15) is 0 Å². The third kappa shape index (κ3) is 5.26. The fraction of sp³-hybridized carbons (Fsp3) is 0.611. The van der Waals surface area contributed by atoms with E-state index in [1.165, 1.54) is 13.1 Å². The number of hydrogen-bond donors (Lipinski definition) is 2. The summed E-state index contributed by atoms with van der Waals surface area (Å²) in [5.41, 5.74) is 1.82. The predicted molar refractivity (Wildman–Crippen MR) is 103 cm³/mol. The first-order valence-corrected chi connectivity index (χ1v) is 10.5. The minimum absolute atomic E-state index is 0.155. The molecule has 0 spiro atoms. The summed E-state index contributed by atoms with van der Waals surface area (Å²) in [6.45, 7) is 9.38. The number of hydrogen-bond acceptors (Lipinski definition) is 5. The average molecular weight is 383 g/mol. The predicted octanol–water partition coefficient (Wildman–Crippen LogP) is 0.579. The van der Waals surface area contributed by atoms with E-state index in [0.717, 1.165) is 44.7 Å². The molecular weight excluding hydrogens is 352 g/mol. The fourth-order valence-corrected chi connectivity index (χ4v) is 4.09. The van der Waals surface area contributed by atoms with Gasteiger partial charge in [0.05, 0.1) is 4.90 Å². The molecule has 0 saturated carbocycles. The molecule has 146 valence electrons. The number of piperazine rings is 1. The largest absolute Gasteiger partial charge is 0.352 e. The molecule has 26 heavy (non-hydrogen) atoms. The van der Waals surface area contributed by atoms with Crippen LogP contribution in [0.1, 0.15) is 27.9 Å². The molecule has 1 heterocycles. The molecule has 7 nitrogen and oxygen atoms in total. The van der Waals surface area contributed by atoms with E-state index in [0.29, 0.717) is 17.7 Å². The molecular formula is C18H30N4O3S. The standard InChI is InChI=1S/C18H30N4O3S/c1-14-12-16(13-17(15(14)2)26(24,25)19-3)18(23)20-6-5-7-22-10-8-21(4)9-11-22/h12-13,19H,5-11H2,1-4H3,(H,20,23). The van der Waals surface area contributed by atoms with E-state index < -0.39 is 10.0 Å². The minimum Gasteiger partial charge on any atom is -0.352 e. The SMILES string of the molecule is CNS(=O)(=O)c1cc(C(=O)NCCCN2CCN(C)CC2)cc(C)c1C. The van der Waals surface area contributed by atoms with Gasteiger partial charge in [-0.1, -0.05) is 0 Å². The molecule has 1 fully saturated rings. The van der Waals surface area contributed by atoms with Crippen LogP contribution in [0.4, 0.5) is 0 Å². The number of sulfonamides is 1. The van der Waals surface area contributed by atoms with Gasteiger partial charge in [0, 0.05) is 38.3 Å². The lowest BCUT2D eigenvalue weighted by Gasteiger charge is -2.32. The summed E-state index contributed by atoms with van der Waals surface area (Å²) in [7, 11) is -0.0934. The molecule has 0 unspecified atom stereocenters. The van der Waals surface area contributed by atoms with E-state index in [9.17, 15) is 13.2 Å². The third-order valence-electron chi connectivity index (χ3n) is 4.97. The normalized spacial score (nSPS) is 16.6. The minimum atomic E-state index is -3.59. The maximum atomic E-state index is 12.4. The maximum absolute atomic E-state index is 12.4. The number of nitrogens with zero attached hydrogens (tertiary/aromatic N) is 2. The monoisotopic (exact) mass is 382 g/mol. The highest BCUT2D eigenvalue weighted by Gasteiger charge is 2.19. The van der Waals surface area contributed by atoms with Crippen molar-refractivity contribution in [1.82, 2.24) is 19.8 Å². The van der Waals surface area contributed by atoms with Gasteiger partial charge in [0.15, 0.2) is 0 Å². The van der Waals surface area contributed by atoms with Crippen LogP contribution in [0.3, 0.4) is 0 Å². The van der Waals surface area contributed by atoms with Crippen LogP contribution >= 0.6 is 0 Å². The van der Waals surface area contributed by atoms with Crippen LogP contribution in [0.15, 0.2) is 17.0 Å². The summed E-state index contributed by atoms with van der Waals surface area (Å²) in [5, 5.41) is 2.90. The quantitative estimate of drug-likeness (QED) is 0.674. The second-order valence-electron chi connectivity index (χ2n) is 6.88. The molecule has 1 aromatic rings. The molecule has 1 saturated heterocycles. The zero-order valence-corrected chi connectivity index (χ0v) is 16.9. The van der Waals surface area contributed by atoms with Crippen molar-refractivity contribution in [3.8, 4) is 0 Å². The Balaban J connectivity index is 1.93. The Labute approximate surface area is 156 Å². The Morgan fingerprint density at radius 2 is 1.81 bits per heavy atom. The lowest BCUT2D eigenvalue weighted by atomic mass is 10.1. The van der Waals surface area contributed by atoms with E-state index in [1.54, 1.807) is 13.0 Å². The van der Waals surface area contributed by atoms with Crippen molar-refractivity contribution in [3.05, 3.63) is 28.8 Å². The number of rotatable bonds is 7. The average Bonchev–Trinajstić information content (AvgIpc) is 2.62. The van der Waals surface area contributed by atoms with Crippen LogP contribution in [0.2, 0.25) is 0 Å².